The van der Waals surface area contributed by atoms with E-state index in [1.54, 1.807) is 48.6 Å². The fourth-order valence-corrected chi connectivity index (χ4v) is 10.1. The van der Waals surface area contributed by atoms with Crippen molar-refractivity contribution in [2.24, 2.45) is 0 Å². The molecule has 3 aromatic carbocycles. The third-order valence-electron chi connectivity index (χ3n) is 9.77. The average molecular weight is 1080 g/mol. The van der Waals surface area contributed by atoms with Crippen LogP contribution in [-0.4, -0.2) is 84.8 Å². The first-order chi connectivity index (χ1) is 34.4. The Balaban J connectivity index is 0.00000376. The fourth-order valence-electron chi connectivity index (χ4n) is 6.41. The second kappa shape index (κ2) is 22.9. The van der Waals surface area contributed by atoms with Crippen LogP contribution in [0.4, 0.5) is 35.1 Å². The van der Waals surface area contributed by atoms with Gasteiger partial charge in [0, 0.05) is 42.4 Å². The average Bonchev–Trinajstić information content (AvgIpc) is 4.12. The topological polar surface area (TPSA) is 136 Å². The number of phenolic OH excluding ortho intramolecular Hbond substituents is 1. The second-order valence-electron chi connectivity index (χ2n) is 14.5. The summed E-state index contributed by atoms with van der Waals surface area (Å²) in [5.74, 6) is -7.57. The van der Waals surface area contributed by atoms with Crippen LogP contribution in [0.5, 0.6) is 17.2 Å². The van der Waals surface area contributed by atoms with Crippen LogP contribution in [0.3, 0.4) is 0 Å². The number of alkyl halides is 8. The molecule has 0 bridgehead atoms. The molecule has 380 valence electrons. The molecule has 4 heterocycles. The lowest BCUT2D eigenvalue weighted by Gasteiger charge is -2.24. The molecule has 24 heteroatoms. The van der Waals surface area contributed by atoms with Crippen molar-refractivity contribution < 1.29 is 73.4 Å². The van der Waals surface area contributed by atoms with Gasteiger partial charge in [-0.3, -0.25) is 0 Å². The van der Waals surface area contributed by atoms with E-state index in [0.29, 0.717) is 71.5 Å². The molecule has 4 aromatic heterocycles. The van der Waals surface area contributed by atoms with Crippen molar-refractivity contribution in [2.45, 2.75) is 38.5 Å². The molecule has 0 atom stereocenters. The van der Waals surface area contributed by atoms with E-state index in [2.05, 4.69) is 19.9 Å². The van der Waals surface area contributed by atoms with Gasteiger partial charge in [0.2, 0.25) is 18.3 Å². The lowest BCUT2D eigenvalue weighted by Crippen LogP contribution is -2.28. The number of ether oxygens (including phenoxy) is 7. The van der Waals surface area contributed by atoms with E-state index in [0.717, 1.165) is 57.5 Å². The standard InChI is InChI=1S/C46H34F8N4O8S4.C2H6/c1-60-26-5-4-6-29-35(16-26)70-41(55-29)18-37(65-23-66-39(46(52,53)54)20-42-57-31-14-25(59)7-11-33(31)67-42)44(47,48)24(13-40-56-30-10-8-28(62-3)17-36(30)69-40)21-63-22-64-38(45(49,50)51)19-43-58-32-15-27(61-2)9-12-34(32)68-43;1-2/h4,6-20,59H,5,21-23H2,1-3H3;1-2H3/b24-13+,37-18-,38-19-,39-20-;. The molecule has 0 unspecified atom stereocenters. The quantitative estimate of drug-likeness (QED) is 0.0379. The molecule has 1 aliphatic rings. The molecule has 0 radical (unpaired) electrons. The number of rotatable bonds is 18. The number of hydrogen-bond donors (Lipinski definition) is 1. The molecule has 0 spiro atoms. The van der Waals surface area contributed by atoms with Crippen molar-refractivity contribution in [3.8, 4) is 17.2 Å². The Labute approximate surface area is 421 Å². The van der Waals surface area contributed by atoms with Crippen molar-refractivity contribution in [2.75, 3.05) is 41.5 Å². The van der Waals surface area contributed by atoms with Gasteiger partial charge >= 0.3 is 18.3 Å². The number of aromatic nitrogens is 4. The third kappa shape index (κ3) is 13.1. The summed E-state index contributed by atoms with van der Waals surface area (Å²) in [4.78, 5) is 17.6. The highest BCUT2D eigenvalue weighted by molar-refractivity contribution is 7.20. The van der Waals surface area contributed by atoms with Gasteiger partial charge in [-0.05, 0) is 60.7 Å². The number of allylic oxidation sites excluding steroid dienone is 4. The lowest BCUT2D eigenvalue weighted by molar-refractivity contribution is -0.153. The highest BCUT2D eigenvalue weighted by Gasteiger charge is 2.43. The Morgan fingerprint density at radius 2 is 1.14 bits per heavy atom. The largest absolute Gasteiger partial charge is 0.508 e. The highest BCUT2D eigenvalue weighted by atomic mass is 32.1. The third-order valence-corrected chi connectivity index (χ3v) is 13.7. The summed E-state index contributed by atoms with van der Waals surface area (Å²) in [7, 11) is 4.30. The summed E-state index contributed by atoms with van der Waals surface area (Å²) in [6.45, 7) is 0.230. The van der Waals surface area contributed by atoms with E-state index in [1.807, 2.05) is 13.8 Å². The maximum atomic E-state index is 17.4. The van der Waals surface area contributed by atoms with Gasteiger partial charge in [0.05, 0.1) is 69.2 Å². The van der Waals surface area contributed by atoms with Crippen LogP contribution < -0.4 is 9.47 Å². The summed E-state index contributed by atoms with van der Waals surface area (Å²) >= 11 is 3.66. The Morgan fingerprint density at radius 1 is 0.597 bits per heavy atom. The molecule has 1 N–H and O–H groups in total. The molecule has 0 aliphatic heterocycles. The number of fused-ring (bicyclic) bond motifs is 4. The summed E-state index contributed by atoms with van der Waals surface area (Å²) in [5.41, 5.74) is 0.345. The number of phenols is 1. The second-order valence-corrected chi connectivity index (χ2v) is 18.7. The number of nitrogens with zero attached hydrogens (tertiary/aromatic N) is 4. The van der Waals surface area contributed by atoms with E-state index < -0.39 is 61.3 Å². The predicted molar refractivity (Wildman–Crippen MR) is 264 cm³/mol. The van der Waals surface area contributed by atoms with Gasteiger partial charge in [-0.2, -0.15) is 35.1 Å². The van der Waals surface area contributed by atoms with Crippen LogP contribution in [0, 0.1) is 0 Å². The summed E-state index contributed by atoms with van der Waals surface area (Å²) in [6.07, 6.45) is -1.90. The molecule has 0 saturated heterocycles. The minimum absolute atomic E-state index is 0.0174. The first kappa shape index (κ1) is 53.2. The van der Waals surface area contributed by atoms with Crippen molar-refractivity contribution in [1.82, 2.24) is 19.9 Å². The van der Waals surface area contributed by atoms with Crippen molar-refractivity contribution in [1.29, 1.82) is 0 Å². The number of halogens is 8. The van der Waals surface area contributed by atoms with Gasteiger partial charge in [-0.25, -0.2) is 19.9 Å². The number of methoxy groups -OCH3 is 3. The Kier molecular flexibility index (Phi) is 16.9. The lowest BCUT2D eigenvalue weighted by atomic mass is 10.1. The fraction of sp³-hybridized carbons (Fsp3) is 0.250. The van der Waals surface area contributed by atoms with Gasteiger partial charge in [0.25, 0.3) is 0 Å². The van der Waals surface area contributed by atoms with Gasteiger partial charge in [-0.15, -0.1) is 45.3 Å². The van der Waals surface area contributed by atoms with Crippen molar-refractivity contribution in [3.05, 3.63) is 120 Å². The zero-order valence-electron chi connectivity index (χ0n) is 38.3. The monoisotopic (exact) mass is 1080 g/mol. The van der Waals surface area contributed by atoms with Gasteiger partial charge in [-0.1, -0.05) is 19.9 Å². The first-order valence-electron chi connectivity index (χ1n) is 21.1. The van der Waals surface area contributed by atoms with Crippen LogP contribution in [0.15, 0.2) is 89.3 Å². The van der Waals surface area contributed by atoms with Gasteiger partial charge in [0.15, 0.2) is 12.6 Å². The molecule has 72 heavy (non-hydrogen) atoms. The summed E-state index contributed by atoms with van der Waals surface area (Å²) < 4.78 is 159. The van der Waals surface area contributed by atoms with E-state index in [-0.39, 0.29) is 31.3 Å². The van der Waals surface area contributed by atoms with Crippen LogP contribution in [0.1, 0.15) is 50.9 Å². The Morgan fingerprint density at radius 3 is 1.79 bits per heavy atom. The number of aromatic hydroxyl groups is 1. The number of hydrogen-bond acceptors (Lipinski definition) is 16. The zero-order valence-corrected chi connectivity index (χ0v) is 41.6. The molecule has 0 fully saturated rings. The molecule has 8 rings (SSSR count). The molecular weight excluding hydrogens is 1040 g/mol. The van der Waals surface area contributed by atoms with E-state index in [4.69, 9.17) is 33.2 Å². The predicted octanol–water partition coefficient (Wildman–Crippen LogP) is 14.4. The SMILES string of the molecule is CC.COC1=Cc2sc(/C=C(\OCO/C(=C\c3nc4cc(O)ccc4s3)C(F)(F)F)C(F)(F)/C(=C/c3nc4ccc(OC)cc4s3)COCO/C(=C\c3nc4cc(OC)ccc4s3)C(F)(F)F)nc2C=CC1. The van der Waals surface area contributed by atoms with Crippen molar-refractivity contribution in [3.63, 3.8) is 0 Å². The van der Waals surface area contributed by atoms with E-state index >= 15 is 8.78 Å². The highest BCUT2D eigenvalue weighted by Crippen LogP contribution is 2.40. The maximum absolute atomic E-state index is 17.4. The minimum atomic E-state index is -5.17. The number of thiazole rings is 4. The summed E-state index contributed by atoms with van der Waals surface area (Å²) in [5, 5.41) is 9.45. The van der Waals surface area contributed by atoms with Crippen LogP contribution in [-0.2, 0) is 23.7 Å². The van der Waals surface area contributed by atoms with Crippen molar-refractivity contribution >= 4 is 112 Å². The molecule has 0 amide bonds. The molecule has 12 nitrogen and oxygen atoms in total. The van der Waals surface area contributed by atoms with Gasteiger partial charge in [0.1, 0.15) is 43.0 Å². The molecule has 1 aliphatic carbocycles. The first-order valence-corrected chi connectivity index (χ1v) is 24.4. The molecule has 0 saturated carbocycles. The minimum Gasteiger partial charge on any atom is -0.508 e. The zero-order chi connectivity index (χ0) is 51.8. The smallest absolute Gasteiger partial charge is 0.449 e. The Bertz CT molecular complexity index is 3240. The van der Waals surface area contributed by atoms with E-state index in [1.165, 1.54) is 45.6 Å². The Hall–Kier alpha value is -6.60. The normalized spacial score (nSPS) is 13.9. The van der Waals surface area contributed by atoms with E-state index in [9.17, 15) is 31.4 Å². The number of benzene rings is 3. The van der Waals surface area contributed by atoms with Crippen LogP contribution in [0.2, 0.25) is 0 Å². The van der Waals surface area contributed by atoms with Crippen LogP contribution >= 0.6 is 45.3 Å². The van der Waals surface area contributed by atoms with Gasteiger partial charge < -0.3 is 38.3 Å². The van der Waals surface area contributed by atoms with Crippen LogP contribution in [0.25, 0.3) is 67.1 Å². The molecular formula is C48H40F8N4O8S4. The maximum Gasteiger partial charge on any atom is 0.449 e. The summed E-state index contributed by atoms with van der Waals surface area (Å²) in [6, 6.07) is 13.6. The molecule has 7 aromatic rings.